The van der Waals surface area contributed by atoms with E-state index in [1.807, 2.05) is 5.01 Å². The molecular formula is C7H15N3O. The number of rotatable bonds is 0. The number of morpholine rings is 1. The van der Waals surface area contributed by atoms with Crippen LogP contribution < -0.4 is 5.84 Å². The molecule has 64 valence electrons. The van der Waals surface area contributed by atoms with Crippen molar-refractivity contribution in [3.8, 4) is 0 Å². The molecule has 0 spiro atoms. The summed E-state index contributed by atoms with van der Waals surface area (Å²) >= 11 is 0. The lowest BCUT2D eigenvalue weighted by Crippen LogP contribution is -2.54. The van der Waals surface area contributed by atoms with Gasteiger partial charge >= 0.3 is 0 Å². The van der Waals surface area contributed by atoms with Crippen LogP contribution in [0.1, 0.15) is 0 Å². The zero-order valence-electron chi connectivity index (χ0n) is 6.86. The highest BCUT2D eigenvalue weighted by molar-refractivity contribution is 4.91. The molecule has 2 rings (SSSR count). The molecule has 0 aliphatic carbocycles. The van der Waals surface area contributed by atoms with E-state index in [4.69, 9.17) is 10.6 Å². The highest BCUT2D eigenvalue weighted by Gasteiger charge is 2.37. The van der Waals surface area contributed by atoms with Crippen molar-refractivity contribution in [2.45, 2.75) is 12.1 Å². The topological polar surface area (TPSA) is 41.7 Å². The predicted octanol–water partition coefficient (Wildman–Crippen LogP) is -1.13. The Kier molecular flexibility index (Phi) is 1.85. The van der Waals surface area contributed by atoms with E-state index >= 15 is 0 Å². The summed E-state index contributed by atoms with van der Waals surface area (Å²) in [6.07, 6.45) is 0.346. The van der Waals surface area contributed by atoms with Gasteiger partial charge in [0.15, 0.2) is 0 Å². The van der Waals surface area contributed by atoms with Crippen molar-refractivity contribution in [2.24, 2.45) is 5.84 Å². The lowest BCUT2D eigenvalue weighted by Gasteiger charge is -2.33. The van der Waals surface area contributed by atoms with E-state index in [-0.39, 0.29) is 0 Å². The highest BCUT2D eigenvalue weighted by Crippen LogP contribution is 2.18. The first-order chi connectivity index (χ1) is 5.27. The zero-order chi connectivity index (χ0) is 7.84. The van der Waals surface area contributed by atoms with Gasteiger partial charge in [-0.2, -0.15) is 0 Å². The van der Waals surface area contributed by atoms with Gasteiger partial charge in [0.2, 0.25) is 0 Å². The van der Waals surface area contributed by atoms with Gasteiger partial charge in [-0.1, -0.05) is 0 Å². The van der Waals surface area contributed by atoms with Crippen LogP contribution in [0.4, 0.5) is 0 Å². The van der Waals surface area contributed by atoms with Gasteiger partial charge in [-0.3, -0.25) is 5.84 Å². The minimum atomic E-state index is 0.346. The largest absolute Gasteiger partial charge is 0.374 e. The van der Waals surface area contributed by atoms with Crippen LogP contribution in [0.2, 0.25) is 0 Å². The lowest BCUT2D eigenvalue weighted by molar-refractivity contribution is -0.0476. The van der Waals surface area contributed by atoms with Crippen LogP contribution in [-0.2, 0) is 4.74 Å². The summed E-state index contributed by atoms with van der Waals surface area (Å²) < 4.78 is 5.58. The fourth-order valence-electron chi connectivity index (χ4n) is 1.90. The van der Waals surface area contributed by atoms with Gasteiger partial charge in [-0.15, -0.1) is 0 Å². The van der Waals surface area contributed by atoms with Crippen LogP contribution in [-0.4, -0.2) is 55.3 Å². The van der Waals surface area contributed by atoms with E-state index in [9.17, 15) is 0 Å². The molecule has 0 amide bonds. The fourth-order valence-corrected chi connectivity index (χ4v) is 1.90. The van der Waals surface area contributed by atoms with E-state index in [2.05, 4.69) is 11.9 Å². The molecule has 4 heteroatoms. The van der Waals surface area contributed by atoms with Crippen molar-refractivity contribution in [3.05, 3.63) is 0 Å². The zero-order valence-corrected chi connectivity index (χ0v) is 6.86. The lowest BCUT2D eigenvalue weighted by atomic mass is 10.2. The van der Waals surface area contributed by atoms with E-state index in [0.29, 0.717) is 12.1 Å². The monoisotopic (exact) mass is 157 g/mol. The molecule has 2 saturated heterocycles. The van der Waals surface area contributed by atoms with Crippen LogP contribution in [0.25, 0.3) is 0 Å². The van der Waals surface area contributed by atoms with Crippen LogP contribution in [0.15, 0.2) is 0 Å². The molecule has 0 saturated carbocycles. The Morgan fingerprint density at radius 2 is 2.27 bits per heavy atom. The molecule has 11 heavy (non-hydrogen) atoms. The van der Waals surface area contributed by atoms with Gasteiger partial charge in [0.1, 0.15) is 0 Å². The number of likely N-dealkylation sites (tertiary alicyclic amines) is 1. The van der Waals surface area contributed by atoms with Crippen LogP contribution in [0, 0.1) is 0 Å². The van der Waals surface area contributed by atoms with Crippen molar-refractivity contribution in [2.75, 3.05) is 33.3 Å². The molecule has 0 aromatic rings. The SMILES string of the molecule is CN1CC2OCCN(N)C2C1. The fraction of sp³-hybridized carbons (Fsp3) is 1.00. The number of likely N-dealkylation sites (N-methyl/N-ethyl adjacent to an activating group) is 1. The molecule has 2 fully saturated rings. The maximum Gasteiger partial charge on any atom is 0.0883 e. The van der Waals surface area contributed by atoms with Gasteiger partial charge in [0.05, 0.1) is 18.8 Å². The van der Waals surface area contributed by atoms with Crippen LogP contribution in [0.3, 0.4) is 0 Å². The summed E-state index contributed by atoms with van der Waals surface area (Å²) in [5, 5.41) is 1.91. The smallest absolute Gasteiger partial charge is 0.0883 e. The molecule has 0 radical (unpaired) electrons. The summed E-state index contributed by atoms with van der Waals surface area (Å²) in [5.41, 5.74) is 0. The first kappa shape index (κ1) is 7.49. The Bertz CT molecular complexity index is 153. The van der Waals surface area contributed by atoms with Gasteiger partial charge in [-0.25, -0.2) is 5.01 Å². The molecule has 2 atom stereocenters. The van der Waals surface area contributed by atoms with Gasteiger partial charge in [-0.05, 0) is 7.05 Å². The molecule has 2 aliphatic heterocycles. The first-order valence-electron chi connectivity index (χ1n) is 4.09. The molecule has 2 N–H and O–H groups in total. The standard InChI is InChI=1S/C7H15N3O/c1-9-4-6-7(5-9)11-3-2-10(6)8/h6-7H,2-5,8H2,1H3. The number of fused-ring (bicyclic) bond motifs is 1. The second-order valence-corrected chi connectivity index (χ2v) is 3.44. The molecule has 0 bridgehead atoms. The van der Waals surface area contributed by atoms with Crippen molar-refractivity contribution in [1.82, 2.24) is 9.91 Å². The highest BCUT2D eigenvalue weighted by atomic mass is 16.5. The van der Waals surface area contributed by atoms with E-state index in [1.165, 1.54) is 0 Å². The van der Waals surface area contributed by atoms with Gasteiger partial charge < -0.3 is 9.64 Å². The summed E-state index contributed by atoms with van der Waals surface area (Å²) in [6, 6.07) is 0.425. The molecule has 2 unspecified atom stereocenters. The average molecular weight is 157 g/mol. The molecule has 0 aromatic carbocycles. The Hall–Kier alpha value is -0.160. The first-order valence-corrected chi connectivity index (χ1v) is 4.09. The van der Waals surface area contributed by atoms with Crippen molar-refractivity contribution in [1.29, 1.82) is 0 Å². The Balaban J connectivity index is 2.03. The minimum absolute atomic E-state index is 0.346. The quantitative estimate of drug-likeness (QED) is 0.452. The Morgan fingerprint density at radius 1 is 1.45 bits per heavy atom. The average Bonchev–Trinajstić information content (AvgIpc) is 2.31. The molecular weight excluding hydrogens is 142 g/mol. The third-order valence-corrected chi connectivity index (χ3v) is 2.53. The normalized spacial score (nSPS) is 40.9. The second-order valence-electron chi connectivity index (χ2n) is 3.44. The second kappa shape index (κ2) is 2.71. The maximum atomic E-state index is 5.81. The predicted molar refractivity (Wildman–Crippen MR) is 41.9 cm³/mol. The number of nitrogens with zero attached hydrogens (tertiary/aromatic N) is 2. The van der Waals surface area contributed by atoms with E-state index in [0.717, 1.165) is 26.2 Å². The summed E-state index contributed by atoms with van der Waals surface area (Å²) in [6.45, 7) is 3.72. The molecule has 2 heterocycles. The minimum Gasteiger partial charge on any atom is -0.374 e. The van der Waals surface area contributed by atoms with Crippen molar-refractivity contribution in [3.63, 3.8) is 0 Å². The van der Waals surface area contributed by atoms with Gasteiger partial charge in [0.25, 0.3) is 0 Å². The number of nitrogens with two attached hydrogens (primary N) is 1. The number of ether oxygens (including phenoxy) is 1. The molecule has 4 nitrogen and oxygen atoms in total. The number of hydrazine groups is 1. The van der Waals surface area contributed by atoms with Crippen LogP contribution in [0.5, 0.6) is 0 Å². The van der Waals surface area contributed by atoms with Crippen LogP contribution >= 0.6 is 0 Å². The third-order valence-electron chi connectivity index (χ3n) is 2.53. The summed E-state index contributed by atoms with van der Waals surface area (Å²) in [7, 11) is 2.11. The van der Waals surface area contributed by atoms with Gasteiger partial charge in [0, 0.05) is 19.6 Å². The van der Waals surface area contributed by atoms with Crippen molar-refractivity contribution < 1.29 is 4.74 Å². The third kappa shape index (κ3) is 1.27. The molecule has 2 aliphatic rings. The summed E-state index contributed by atoms with van der Waals surface area (Å²) in [4.78, 5) is 2.26. The summed E-state index contributed by atoms with van der Waals surface area (Å²) in [5.74, 6) is 5.81. The maximum absolute atomic E-state index is 5.81. The Labute approximate surface area is 66.9 Å². The molecule has 0 aromatic heterocycles. The Morgan fingerprint density at radius 3 is 3.00 bits per heavy atom. The van der Waals surface area contributed by atoms with Crippen molar-refractivity contribution >= 4 is 0 Å². The van der Waals surface area contributed by atoms with E-state index < -0.39 is 0 Å². The van der Waals surface area contributed by atoms with E-state index in [1.54, 1.807) is 0 Å². The number of hydrogen-bond acceptors (Lipinski definition) is 4. The number of hydrogen-bond donors (Lipinski definition) is 1.